The van der Waals surface area contributed by atoms with Gasteiger partial charge < -0.3 is 0 Å². The minimum atomic E-state index is 0.776. The van der Waals surface area contributed by atoms with E-state index in [9.17, 15) is 0 Å². The molecule has 17 heavy (non-hydrogen) atoms. The first-order chi connectivity index (χ1) is 8.29. The number of rotatable bonds is 4. The van der Waals surface area contributed by atoms with E-state index in [2.05, 4.69) is 68.4 Å². The van der Waals surface area contributed by atoms with Gasteiger partial charge in [-0.2, -0.15) is 0 Å². The van der Waals surface area contributed by atoms with E-state index >= 15 is 0 Å². The van der Waals surface area contributed by atoms with Crippen molar-refractivity contribution in [3.05, 3.63) is 60.2 Å². The summed E-state index contributed by atoms with van der Waals surface area (Å²) in [6.07, 6.45) is 2.44. The molecule has 0 saturated heterocycles. The largest absolute Gasteiger partial charge is 0.0651 e. The Morgan fingerprint density at radius 1 is 0.824 bits per heavy atom. The average molecular weight is 224 g/mol. The molecule has 0 heterocycles. The maximum absolute atomic E-state index is 2.31. The van der Waals surface area contributed by atoms with Gasteiger partial charge in [-0.1, -0.05) is 74.9 Å². The number of hydrogen-bond donors (Lipinski definition) is 0. The third kappa shape index (κ3) is 3.20. The van der Waals surface area contributed by atoms with E-state index in [0.717, 1.165) is 5.92 Å². The molecule has 2 aromatic carbocycles. The van der Waals surface area contributed by atoms with Crippen LogP contribution in [0.1, 0.15) is 25.8 Å². The highest BCUT2D eigenvalue weighted by molar-refractivity contribution is 5.63. The summed E-state index contributed by atoms with van der Waals surface area (Å²) in [5, 5.41) is 0. The Balaban J connectivity index is 2.13. The molecule has 88 valence electrons. The Bertz CT molecular complexity index is 439. The quantitative estimate of drug-likeness (QED) is 0.690. The van der Waals surface area contributed by atoms with Gasteiger partial charge in [0.05, 0.1) is 0 Å². The summed E-state index contributed by atoms with van der Waals surface area (Å²) >= 11 is 0. The Morgan fingerprint density at radius 2 is 1.41 bits per heavy atom. The smallest absolute Gasteiger partial charge is 0.0184 e. The second-order valence-electron chi connectivity index (χ2n) is 4.78. The minimum Gasteiger partial charge on any atom is -0.0651 e. The van der Waals surface area contributed by atoms with Crippen LogP contribution in [-0.4, -0.2) is 0 Å². The lowest BCUT2D eigenvalue weighted by atomic mass is 9.97. The lowest BCUT2D eigenvalue weighted by Gasteiger charge is -2.09. The third-order valence-electron chi connectivity index (χ3n) is 3.34. The summed E-state index contributed by atoms with van der Waals surface area (Å²) in [4.78, 5) is 0. The molecular formula is C17H20. The molecule has 0 aliphatic heterocycles. The van der Waals surface area contributed by atoms with E-state index in [1.165, 1.54) is 29.5 Å². The second kappa shape index (κ2) is 5.67. The van der Waals surface area contributed by atoms with Gasteiger partial charge in [-0.05, 0) is 29.0 Å². The van der Waals surface area contributed by atoms with Crippen molar-refractivity contribution in [2.45, 2.75) is 26.7 Å². The first-order valence-corrected chi connectivity index (χ1v) is 6.44. The third-order valence-corrected chi connectivity index (χ3v) is 3.34. The predicted octanol–water partition coefficient (Wildman–Crippen LogP) is 4.94. The first-order valence-electron chi connectivity index (χ1n) is 6.44. The highest BCUT2D eigenvalue weighted by Gasteiger charge is 2.01. The van der Waals surface area contributed by atoms with Gasteiger partial charge in [0.2, 0.25) is 0 Å². The zero-order chi connectivity index (χ0) is 12.1. The summed E-state index contributed by atoms with van der Waals surface area (Å²) in [6.45, 7) is 4.56. The SMILES string of the molecule is CC[C@H](C)Cc1ccc(-c2ccccc2)cc1. The molecule has 0 unspecified atom stereocenters. The molecule has 0 saturated carbocycles. The van der Waals surface area contributed by atoms with Crippen molar-refractivity contribution in [3.8, 4) is 11.1 Å². The molecule has 0 fully saturated rings. The topological polar surface area (TPSA) is 0 Å². The lowest BCUT2D eigenvalue weighted by molar-refractivity contribution is 0.560. The summed E-state index contributed by atoms with van der Waals surface area (Å²) in [7, 11) is 0. The molecule has 0 bridgehead atoms. The van der Waals surface area contributed by atoms with Crippen molar-refractivity contribution < 1.29 is 0 Å². The van der Waals surface area contributed by atoms with Gasteiger partial charge in [0.25, 0.3) is 0 Å². The molecule has 0 aromatic heterocycles. The Labute approximate surface area is 104 Å². The van der Waals surface area contributed by atoms with Gasteiger partial charge >= 0.3 is 0 Å². The van der Waals surface area contributed by atoms with Crippen LogP contribution in [0.3, 0.4) is 0 Å². The molecule has 0 aliphatic carbocycles. The van der Waals surface area contributed by atoms with Gasteiger partial charge in [-0.25, -0.2) is 0 Å². The standard InChI is InChI=1S/C17H20/c1-3-14(2)13-15-9-11-17(12-10-15)16-7-5-4-6-8-16/h4-12,14H,3,13H2,1-2H3/t14-/m0/s1. The van der Waals surface area contributed by atoms with Gasteiger partial charge in [0.15, 0.2) is 0 Å². The van der Waals surface area contributed by atoms with E-state index in [0.29, 0.717) is 0 Å². The maximum atomic E-state index is 2.31. The van der Waals surface area contributed by atoms with Gasteiger partial charge in [-0.15, -0.1) is 0 Å². The summed E-state index contributed by atoms with van der Waals surface area (Å²) < 4.78 is 0. The molecule has 2 aromatic rings. The van der Waals surface area contributed by atoms with E-state index in [-0.39, 0.29) is 0 Å². The fraction of sp³-hybridized carbons (Fsp3) is 0.294. The molecule has 0 nitrogen and oxygen atoms in total. The van der Waals surface area contributed by atoms with Crippen LogP contribution < -0.4 is 0 Å². The van der Waals surface area contributed by atoms with Crippen molar-refractivity contribution in [1.82, 2.24) is 0 Å². The van der Waals surface area contributed by atoms with Crippen LogP contribution in [0, 0.1) is 5.92 Å². The zero-order valence-electron chi connectivity index (χ0n) is 10.7. The molecule has 0 amide bonds. The fourth-order valence-corrected chi connectivity index (χ4v) is 2.01. The van der Waals surface area contributed by atoms with Crippen LogP contribution >= 0.6 is 0 Å². The number of benzene rings is 2. The van der Waals surface area contributed by atoms with E-state index in [4.69, 9.17) is 0 Å². The van der Waals surface area contributed by atoms with Crippen LogP contribution in [0.5, 0.6) is 0 Å². The Morgan fingerprint density at radius 3 is 2.00 bits per heavy atom. The van der Waals surface area contributed by atoms with Crippen LogP contribution in [0.4, 0.5) is 0 Å². The van der Waals surface area contributed by atoms with E-state index in [1.54, 1.807) is 0 Å². The molecule has 1 atom stereocenters. The summed E-state index contributed by atoms with van der Waals surface area (Å²) in [6, 6.07) is 19.5. The van der Waals surface area contributed by atoms with Crippen molar-refractivity contribution in [2.75, 3.05) is 0 Å². The van der Waals surface area contributed by atoms with Crippen LogP contribution in [0.15, 0.2) is 54.6 Å². The Kier molecular flexibility index (Phi) is 3.98. The van der Waals surface area contributed by atoms with Crippen molar-refractivity contribution >= 4 is 0 Å². The van der Waals surface area contributed by atoms with Crippen molar-refractivity contribution in [1.29, 1.82) is 0 Å². The normalized spacial score (nSPS) is 12.4. The van der Waals surface area contributed by atoms with Crippen LogP contribution in [-0.2, 0) is 6.42 Å². The maximum Gasteiger partial charge on any atom is -0.0184 e. The first kappa shape index (κ1) is 11.9. The molecule has 0 N–H and O–H groups in total. The average Bonchev–Trinajstić information content (AvgIpc) is 2.40. The molecule has 0 aliphatic rings. The second-order valence-corrected chi connectivity index (χ2v) is 4.78. The van der Waals surface area contributed by atoms with Crippen LogP contribution in [0.25, 0.3) is 11.1 Å². The monoisotopic (exact) mass is 224 g/mol. The molecule has 0 spiro atoms. The number of hydrogen-bond acceptors (Lipinski definition) is 0. The molecular weight excluding hydrogens is 204 g/mol. The van der Waals surface area contributed by atoms with Crippen molar-refractivity contribution in [2.24, 2.45) is 5.92 Å². The van der Waals surface area contributed by atoms with E-state index < -0.39 is 0 Å². The fourth-order valence-electron chi connectivity index (χ4n) is 2.01. The lowest BCUT2D eigenvalue weighted by Crippen LogP contribution is -1.97. The zero-order valence-corrected chi connectivity index (χ0v) is 10.7. The summed E-state index contributed by atoms with van der Waals surface area (Å²) in [5.74, 6) is 0.776. The minimum absolute atomic E-state index is 0.776. The van der Waals surface area contributed by atoms with Gasteiger partial charge in [0, 0.05) is 0 Å². The van der Waals surface area contributed by atoms with Gasteiger partial charge in [0.1, 0.15) is 0 Å². The molecule has 0 radical (unpaired) electrons. The predicted molar refractivity (Wildman–Crippen MR) is 75.0 cm³/mol. The van der Waals surface area contributed by atoms with Crippen LogP contribution in [0.2, 0.25) is 0 Å². The van der Waals surface area contributed by atoms with Crippen molar-refractivity contribution in [3.63, 3.8) is 0 Å². The Hall–Kier alpha value is -1.56. The summed E-state index contributed by atoms with van der Waals surface area (Å²) in [5.41, 5.74) is 4.04. The van der Waals surface area contributed by atoms with E-state index in [1.807, 2.05) is 0 Å². The highest BCUT2D eigenvalue weighted by Crippen LogP contribution is 2.20. The van der Waals surface area contributed by atoms with Gasteiger partial charge in [-0.3, -0.25) is 0 Å². The molecule has 2 rings (SSSR count). The molecule has 0 heteroatoms. The highest BCUT2D eigenvalue weighted by atomic mass is 14.1.